The summed E-state index contributed by atoms with van der Waals surface area (Å²) in [6, 6.07) is 6.95. The predicted octanol–water partition coefficient (Wildman–Crippen LogP) is 3.02. The zero-order valence-electron chi connectivity index (χ0n) is 14.4. The highest BCUT2D eigenvalue weighted by Gasteiger charge is 2.29. The first kappa shape index (κ1) is 16.6. The second kappa shape index (κ2) is 6.45. The van der Waals surface area contributed by atoms with Crippen molar-refractivity contribution in [3.8, 4) is 11.6 Å². The fraction of sp³-hybridized carbons (Fsp3) is 0.294. The number of aromatic nitrogens is 4. The zero-order chi connectivity index (χ0) is 18.3. The number of para-hydroxylation sites is 1. The third-order valence-electron chi connectivity index (χ3n) is 4.38. The van der Waals surface area contributed by atoms with Crippen molar-refractivity contribution >= 4 is 23.3 Å². The summed E-state index contributed by atoms with van der Waals surface area (Å²) >= 11 is 6.13. The van der Waals surface area contributed by atoms with Gasteiger partial charge in [0.2, 0.25) is 0 Å². The van der Waals surface area contributed by atoms with Crippen LogP contribution >= 0.6 is 11.6 Å². The highest BCUT2D eigenvalue weighted by atomic mass is 35.5. The Kier molecular flexibility index (Phi) is 4.12. The first-order valence-corrected chi connectivity index (χ1v) is 8.56. The molecule has 0 radical (unpaired) electrons. The Bertz CT molecular complexity index is 980. The number of amides is 2. The van der Waals surface area contributed by atoms with Gasteiger partial charge in [0, 0.05) is 31.3 Å². The van der Waals surface area contributed by atoms with Crippen LogP contribution in [0.3, 0.4) is 0 Å². The highest BCUT2D eigenvalue weighted by Crippen LogP contribution is 2.29. The quantitative estimate of drug-likeness (QED) is 0.746. The number of hydrogen-bond acceptors (Lipinski definition) is 5. The van der Waals surface area contributed by atoms with Gasteiger partial charge in [-0.3, -0.25) is 4.68 Å². The molecule has 2 aromatic heterocycles. The van der Waals surface area contributed by atoms with E-state index in [1.165, 1.54) is 0 Å². The second-order valence-corrected chi connectivity index (χ2v) is 6.53. The van der Waals surface area contributed by atoms with E-state index in [2.05, 4.69) is 20.6 Å². The molecular formula is C17H17ClN6O2. The molecule has 1 aliphatic heterocycles. The van der Waals surface area contributed by atoms with Crippen LogP contribution in [0, 0.1) is 6.92 Å². The zero-order valence-corrected chi connectivity index (χ0v) is 15.1. The molecule has 1 aliphatic rings. The Morgan fingerprint density at radius 3 is 2.88 bits per heavy atom. The number of nitrogens with one attached hydrogen (secondary N) is 1. The molecule has 0 spiro atoms. The Hall–Kier alpha value is -2.87. The SMILES string of the molecule is Cc1noc(-c2nn(C)c3c2CN(C(=O)Nc2ccccc2Cl)CC3)n1. The summed E-state index contributed by atoms with van der Waals surface area (Å²) in [6.07, 6.45) is 0.696. The summed E-state index contributed by atoms with van der Waals surface area (Å²) < 4.78 is 7.08. The van der Waals surface area contributed by atoms with Crippen LogP contribution in [0.25, 0.3) is 11.6 Å². The number of hydrogen-bond donors (Lipinski definition) is 1. The monoisotopic (exact) mass is 372 g/mol. The Balaban J connectivity index is 1.59. The van der Waals surface area contributed by atoms with Crippen LogP contribution in [0.1, 0.15) is 17.1 Å². The Morgan fingerprint density at radius 2 is 2.15 bits per heavy atom. The molecule has 0 bridgehead atoms. The van der Waals surface area contributed by atoms with Gasteiger partial charge >= 0.3 is 6.03 Å². The van der Waals surface area contributed by atoms with E-state index in [1.54, 1.807) is 24.0 Å². The molecule has 0 atom stereocenters. The summed E-state index contributed by atoms with van der Waals surface area (Å²) in [5.74, 6) is 0.913. The predicted molar refractivity (Wildman–Crippen MR) is 95.8 cm³/mol. The first-order chi connectivity index (χ1) is 12.5. The van der Waals surface area contributed by atoms with E-state index >= 15 is 0 Å². The maximum absolute atomic E-state index is 12.7. The molecule has 8 nitrogen and oxygen atoms in total. The largest absolute Gasteiger partial charge is 0.332 e. The summed E-state index contributed by atoms with van der Waals surface area (Å²) in [4.78, 5) is 18.6. The molecule has 26 heavy (non-hydrogen) atoms. The van der Waals surface area contributed by atoms with Gasteiger partial charge in [-0.15, -0.1) is 0 Å². The van der Waals surface area contributed by atoms with E-state index in [0.29, 0.717) is 47.6 Å². The maximum Gasteiger partial charge on any atom is 0.322 e. The van der Waals surface area contributed by atoms with Crippen molar-refractivity contribution in [2.45, 2.75) is 19.9 Å². The maximum atomic E-state index is 12.7. The topological polar surface area (TPSA) is 89.1 Å². The normalized spacial score (nSPS) is 13.6. The molecule has 1 aromatic carbocycles. The standard InChI is InChI=1S/C17H17ClN6O2/c1-10-19-16(26-22-10)15-11-9-24(8-7-14(11)23(2)21-15)17(25)20-13-6-4-3-5-12(13)18/h3-6H,7-9H2,1-2H3,(H,20,25). The fourth-order valence-corrected chi connectivity index (χ4v) is 3.27. The number of fused-ring (bicyclic) bond motifs is 1. The van der Waals surface area contributed by atoms with Crippen LogP contribution in [-0.4, -0.2) is 37.4 Å². The summed E-state index contributed by atoms with van der Waals surface area (Å²) in [5.41, 5.74) is 3.21. The molecule has 0 unspecified atom stereocenters. The lowest BCUT2D eigenvalue weighted by atomic mass is 10.1. The molecule has 1 N–H and O–H groups in total. The third-order valence-corrected chi connectivity index (χ3v) is 4.70. The lowest BCUT2D eigenvalue weighted by Crippen LogP contribution is -2.39. The van der Waals surface area contributed by atoms with Gasteiger partial charge in [-0.25, -0.2) is 4.79 Å². The summed E-state index contributed by atoms with van der Waals surface area (Å²) in [6.45, 7) is 2.76. The number of aryl methyl sites for hydroxylation is 2. The van der Waals surface area contributed by atoms with Crippen molar-refractivity contribution in [2.75, 3.05) is 11.9 Å². The fourth-order valence-electron chi connectivity index (χ4n) is 3.09. The lowest BCUT2D eigenvalue weighted by Gasteiger charge is -2.27. The highest BCUT2D eigenvalue weighted by molar-refractivity contribution is 6.33. The van der Waals surface area contributed by atoms with Crippen LogP contribution in [0.15, 0.2) is 28.8 Å². The van der Waals surface area contributed by atoms with Gasteiger partial charge < -0.3 is 14.7 Å². The van der Waals surface area contributed by atoms with E-state index in [0.717, 1.165) is 11.3 Å². The third kappa shape index (κ3) is 2.92. The van der Waals surface area contributed by atoms with Gasteiger partial charge in [-0.1, -0.05) is 28.9 Å². The molecule has 134 valence electrons. The molecule has 9 heteroatoms. The van der Waals surface area contributed by atoms with Crippen molar-refractivity contribution in [1.82, 2.24) is 24.8 Å². The van der Waals surface area contributed by atoms with E-state index in [4.69, 9.17) is 16.1 Å². The minimum Gasteiger partial charge on any atom is -0.332 e. The lowest BCUT2D eigenvalue weighted by molar-refractivity contribution is 0.206. The van der Waals surface area contributed by atoms with Crippen molar-refractivity contribution in [1.29, 1.82) is 0 Å². The molecule has 4 rings (SSSR count). The minimum absolute atomic E-state index is 0.208. The number of rotatable bonds is 2. The molecule has 0 fully saturated rings. The molecule has 3 heterocycles. The average molecular weight is 373 g/mol. The van der Waals surface area contributed by atoms with Gasteiger partial charge in [0.1, 0.15) is 0 Å². The number of nitrogens with zero attached hydrogens (tertiary/aromatic N) is 5. The number of carbonyl (C=O) groups is 1. The molecule has 2 amide bonds. The Labute approximate surface area is 154 Å². The van der Waals surface area contributed by atoms with Gasteiger partial charge in [-0.2, -0.15) is 10.1 Å². The minimum atomic E-state index is -0.208. The second-order valence-electron chi connectivity index (χ2n) is 6.13. The van der Waals surface area contributed by atoms with Crippen molar-refractivity contribution in [2.24, 2.45) is 7.05 Å². The smallest absolute Gasteiger partial charge is 0.322 e. The number of anilines is 1. The van der Waals surface area contributed by atoms with E-state index in [-0.39, 0.29) is 6.03 Å². The van der Waals surface area contributed by atoms with E-state index in [1.807, 2.05) is 23.9 Å². The number of benzene rings is 1. The number of urea groups is 1. The van der Waals surface area contributed by atoms with Crippen LogP contribution in [0.4, 0.5) is 10.5 Å². The van der Waals surface area contributed by atoms with Crippen LogP contribution in [-0.2, 0) is 20.0 Å². The van der Waals surface area contributed by atoms with E-state index in [9.17, 15) is 4.79 Å². The summed E-state index contributed by atoms with van der Waals surface area (Å²) in [7, 11) is 1.88. The molecule has 0 saturated carbocycles. The van der Waals surface area contributed by atoms with Crippen LogP contribution in [0.2, 0.25) is 5.02 Å². The molecular weight excluding hydrogens is 356 g/mol. The molecule has 0 saturated heterocycles. The molecule has 0 aliphatic carbocycles. The van der Waals surface area contributed by atoms with Crippen molar-refractivity contribution in [3.63, 3.8) is 0 Å². The Morgan fingerprint density at radius 1 is 1.35 bits per heavy atom. The molecule has 3 aromatic rings. The van der Waals surface area contributed by atoms with Crippen molar-refractivity contribution in [3.05, 3.63) is 46.4 Å². The first-order valence-electron chi connectivity index (χ1n) is 8.19. The average Bonchev–Trinajstić information content (AvgIpc) is 3.20. The summed E-state index contributed by atoms with van der Waals surface area (Å²) in [5, 5.41) is 11.7. The van der Waals surface area contributed by atoms with Crippen LogP contribution in [0.5, 0.6) is 0 Å². The van der Waals surface area contributed by atoms with Gasteiger partial charge in [-0.05, 0) is 19.1 Å². The van der Waals surface area contributed by atoms with Gasteiger partial charge in [0.25, 0.3) is 5.89 Å². The van der Waals surface area contributed by atoms with Crippen LogP contribution < -0.4 is 5.32 Å². The number of halogens is 1. The van der Waals surface area contributed by atoms with Gasteiger partial charge in [0.05, 0.1) is 17.3 Å². The number of carbonyl (C=O) groups excluding carboxylic acids is 1. The van der Waals surface area contributed by atoms with E-state index < -0.39 is 0 Å². The van der Waals surface area contributed by atoms with Crippen molar-refractivity contribution < 1.29 is 9.32 Å². The van der Waals surface area contributed by atoms with Gasteiger partial charge in [0.15, 0.2) is 11.5 Å².